The fraction of sp³-hybridized carbons (Fsp3) is 0.538. The summed E-state index contributed by atoms with van der Waals surface area (Å²) in [5.41, 5.74) is 5.55. The first-order valence-corrected chi connectivity index (χ1v) is 6.07. The van der Waals surface area contributed by atoms with Gasteiger partial charge in [-0.15, -0.1) is 0 Å². The number of rotatable bonds is 2. The van der Waals surface area contributed by atoms with E-state index in [9.17, 15) is 4.79 Å². The van der Waals surface area contributed by atoms with Gasteiger partial charge in [-0.05, 0) is 13.8 Å². The molecule has 0 amide bonds. The first-order valence-electron chi connectivity index (χ1n) is 6.07. The Morgan fingerprint density at radius 2 is 1.89 bits per heavy atom. The molecule has 5 heteroatoms. The topological polar surface area (TPSA) is 89.2 Å². The van der Waals surface area contributed by atoms with E-state index < -0.39 is 5.97 Å². The van der Waals surface area contributed by atoms with Crippen LogP contribution in [0.2, 0.25) is 0 Å². The van der Waals surface area contributed by atoms with Gasteiger partial charge in [-0.2, -0.15) is 5.26 Å². The van der Waals surface area contributed by atoms with Crippen molar-refractivity contribution in [1.29, 1.82) is 5.26 Å². The predicted octanol–water partition coefficient (Wildman–Crippen LogP) is 3.27. The van der Waals surface area contributed by atoms with E-state index in [1.807, 2.05) is 27.7 Å². The van der Waals surface area contributed by atoms with Gasteiger partial charge in [0.2, 0.25) is 5.88 Å². The van der Waals surface area contributed by atoms with Gasteiger partial charge in [0.15, 0.2) is 0 Å². The smallest absolute Gasteiger partial charge is 0.343 e. The number of hydrogen-bond donors (Lipinski definition) is 1. The summed E-state index contributed by atoms with van der Waals surface area (Å²) in [5, 5.41) is 8.73. The summed E-state index contributed by atoms with van der Waals surface area (Å²) in [6.07, 6.45) is 0. The molecule has 0 aliphatic rings. The molecule has 0 fully saturated rings. The van der Waals surface area contributed by atoms with Crippen molar-refractivity contribution in [2.24, 2.45) is 0 Å². The second-order valence-electron chi connectivity index (χ2n) is 2.60. The van der Waals surface area contributed by atoms with Gasteiger partial charge in [-0.1, -0.05) is 27.7 Å². The molecule has 2 N–H and O–H groups in total. The van der Waals surface area contributed by atoms with E-state index in [1.165, 1.54) is 0 Å². The second-order valence-corrected chi connectivity index (χ2v) is 2.60. The van der Waals surface area contributed by atoms with Crippen molar-refractivity contribution in [2.45, 2.75) is 41.5 Å². The number of esters is 1. The van der Waals surface area contributed by atoms with Gasteiger partial charge < -0.3 is 14.9 Å². The van der Waals surface area contributed by atoms with Crippen molar-refractivity contribution in [1.82, 2.24) is 0 Å². The van der Waals surface area contributed by atoms with Gasteiger partial charge in [0.05, 0.1) is 6.61 Å². The first-order chi connectivity index (χ1) is 8.61. The Labute approximate surface area is 109 Å². The Morgan fingerprint density at radius 3 is 2.28 bits per heavy atom. The molecule has 0 aromatic carbocycles. The molecule has 0 saturated heterocycles. The van der Waals surface area contributed by atoms with Crippen LogP contribution in [0.25, 0.3) is 0 Å². The van der Waals surface area contributed by atoms with Gasteiger partial charge in [0.1, 0.15) is 23.0 Å². The zero-order chi connectivity index (χ0) is 14.7. The lowest BCUT2D eigenvalue weighted by atomic mass is 10.1. The normalized spacial score (nSPS) is 8.06. The maximum atomic E-state index is 11.4. The van der Waals surface area contributed by atoms with Crippen molar-refractivity contribution in [3.05, 3.63) is 16.9 Å². The summed E-state index contributed by atoms with van der Waals surface area (Å²) in [6, 6.07) is 1.80. The van der Waals surface area contributed by atoms with E-state index in [2.05, 4.69) is 0 Å². The fourth-order valence-corrected chi connectivity index (χ4v) is 1.13. The molecule has 1 aromatic heterocycles. The highest BCUT2D eigenvalue weighted by atomic mass is 16.5. The lowest BCUT2D eigenvalue weighted by Gasteiger charge is -1.99. The van der Waals surface area contributed by atoms with E-state index >= 15 is 0 Å². The average molecular weight is 254 g/mol. The van der Waals surface area contributed by atoms with E-state index in [0.717, 1.165) is 0 Å². The average Bonchev–Trinajstić information content (AvgIpc) is 2.68. The van der Waals surface area contributed by atoms with Crippen LogP contribution in [0.5, 0.6) is 0 Å². The quantitative estimate of drug-likeness (QED) is 0.818. The molecule has 1 heterocycles. The Hall–Kier alpha value is -1.96. The monoisotopic (exact) mass is 254 g/mol. The molecule has 0 spiro atoms. The third-order valence-electron chi connectivity index (χ3n) is 1.70. The van der Waals surface area contributed by atoms with Crippen LogP contribution in [-0.4, -0.2) is 12.6 Å². The van der Waals surface area contributed by atoms with Gasteiger partial charge in [0.25, 0.3) is 0 Å². The molecule has 0 aliphatic heterocycles. The number of hydrogen-bond acceptors (Lipinski definition) is 5. The maximum Gasteiger partial charge on any atom is 0.343 e. The fourth-order valence-electron chi connectivity index (χ4n) is 1.13. The molecule has 0 radical (unpaired) electrons. The van der Waals surface area contributed by atoms with E-state index in [1.54, 1.807) is 19.9 Å². The van der Waals surface area contributed by atoms with Crippen molar-refractivity contribution in [3.8, 4) is 6.07 Å². The molecule has 0 aliphatic carbocycles. The lowest BCUT2D eigenvalue weighted by Crippen LogP contribution is -2.07. The minimum Gasteiger partial charge on any atom is -0.462 e. The van der Waals surface area contributed by atoms with Crippen LogP contribution in [0.15, 0.2) is 4.42 Å². The summed E-state index contributed by atoms with van der Waals surface area (Å²) >= 11 is 0. The van der Waals surface area contributed by atoms with Crippen LogP contribution >= 0.6 is 0 Å². The highest BCUT2D eigenvalue weighted by Gasteiger charge is 2.22. The molecule has 0 unspecified atom stereocenters. The van der Waals surface area contributed by atoms with Crippen LogP contribution < -0.4 is 5.73 Å². The molecule has 0 atom stereocenters. The Morgan fingerprint density at radius 1 is 1.39 bits per heavy atom. The number of nitrogens with two attached hydrogens (primary N) is 1. The number of nitriles is 1. The summed E-state index contributed by atoms with van der Waals surface area (Å²) in [5.74, 6) is -0.326. The molecular weight excluding hydrogens is 232 g/mol. The zero-order valence-electron chi connectivity index (χ0n) is 12.0. The van der Waals surface area contributed by atoms with Crippen LogP contribution in [0.4, 0.5) is 5.88 Å². The van der Waals surface area contributed by atoms with Gasteiger partial charge in [0, 0.05) is 0 Å². The number of ether oxygens (including phenoxy) is 1. The first kappa shape index (κ1) is 18.4. The molecular formula is C13H22N2O3. The molecule has 0 saturated carbocycles. The second kappa shape index (κ2) is 10.2. The minimum atomic E-state index is -0.581. The van der Waals surface area contributed by atoms with Gasteiger partial charge >= 0.3 is 5.97 Å². The number of anilines is 1. The third-order valence-corrected chi connectivity index (χ3v) is 1.70. The SMILES string of the molecule is CC.CC.CCOC(=O)c1c(C)oc(N)c1C#N. The largest absolute Gasteiger partial charge is 0.462 e. The van der Waals surface area contributed by atoms with Crippen molar-refractivity contribution in [2.75, 3.05) is 12.3 Å². The highest BCUT2D eigenvalue weighted by Crippen LogP contribution is 2.24. The molecule has 1 aromatic rings. The summed E-state index contributed by atoms with van der Waals surface area (Å²) < 4.78 is 9.72. The number of carbonyl (C=O) groups excluding carboxylic acids is 1. The number of furan rings is 1. The number of nitrogen functional groups attached to an aromatic ring is 1. The summed E-state index contributed by atoms with van der Waals surface area (Å²) in [4.78, 5) is 11.4. The summed E-state index contributed by atoms with van der Waals surface area (Å²) in [6.45, 7) is 11.5. The van der Waals surface area contributed by atoms with Crippen LogP contribution in [0.3, 0.4) is 0 Å². The van der Waals surface area contributed by atoms with Crippen LogP contribution in [-0.2, 0) is 4.74 Å². The Kier molecular flexibility index (Phi) is 10.4. The summed E-state index contributed by atoms with van der Waals surface area (Å²) in [7, 11) is 0. The van der Waals surface area contributed by atoms with Gasteiger partial charge in [-0.25, -0.2) is 4.79 Å². The Bertz CT molecular complexity index is 403. The maximum absolute atomic E-state index is 11.4. The predicted molar refractivity (Wildman–Crippen MR) is 71.2 cm³/mol. The standard InChI is InChI=1S/C9H10N2O3.2C2H6/c1-3-13-9(12)7-5(2)14-8(11)6(7)4-10;2*1-2/h3,11H2,1-2H3;2*1-2H3. The molecule has 1 rings (SSSR count). The number of nitrogens with zero attached hydrogens (tertiary/aromatic N) is 1. The molecule has 5 nitrogen and oxygen atoms in total. The number of carbonyl (C=O) groups is 1. The third kappa shape index (κ3) is 4.50. The van der Waals surface area contributed by atoms with E-state index in [4.69, 9.17) is 20.1 Å². The van der Waals surface area contributed by atoms with Crippen molar-refractivity contribution < 1.29 is 13.9 Å². The van der Waals surface area contributed by atoms with Crippen LogP contribution in [0.1, 0.15) is 56.3 Å². The molecule has 0 bridgehead atoms. The number of aryl methyl sites for hydroxylation is 1. The minimum absolute atomic E-state index is 0.0425. The Balaban J connectivity index is 0. The molecule has 102 valence electrons. The van der Waals surface area contributed by atoms with Gasteiger partial charge in [-0.3, -0.25) is 0 Å². The van der Waals surface area contributed by atoms with Crippen molar-refractivity contribution in [3.63, 3.8) is 0 Å². The highest BCUT2D eigenvalue weighted by molar-refractivity contribution is 5.94. The molecule has 18 heavy (non-hydrogen) atoms. The van der Waals surface area contributed by atoms with E-state index in [0.29, 0.717) is 5.76 Å². The van der Waals surface area contributed by atoms with E-state index in [-0.39, 0.29) is 23.6 Å². The lowest BCUT2D eigenvalue weighted by molar-refractivity contribution is 0.0524. The van der Waals surface area contributed by atoms with Crippen molar-refractivity contribution >= 4 is 11.9 Å². The zero-order valence-corrected chi connectivity index (χ0v) is 12.0. The van der Waals surface area contributed by atoms with Crippen LogP contribution in [0, 0.1) is 18.3 Å².